The van der Waals surface area contributed by atoms with E-state index in [-0.39, 0.29) is 49.3 Å². The summed E-state index contributed by atoms with van der Waals surface area (Å²) in [6.45, 7) is 6.03. The quantitative estimate of drug-likeness (QED) is 0.656. The van der Waals surface area contributed by atoms with Crippen LogP contribution in [0.3, 0.4) is 0 Å². The van der Waals surface area contributed by atoms with Crippen molar-refractivity contribution in [1.29, 1.82) is 0 Å². The number of ketones is 2. The van der Waals surface area contributed by atoms with Gasteiger partial charge in [0.05, 0.1) is 12.5 Å². The molecule has 1 saturated carbocycles. The molecule has 9 heteroatoms. The minimum Gasteiger partial charge on any atom is -0.444 e. The van der Waals surface area contributed by atoms with E-state index in [1.807, 2.05) is 6.07 Å². The summed E-state index contributed by atoms with van der Waals surface area (Å²) in [7, 11) is 1.67. The van der Waals surface area contributed by atoms with Crippen LogP contribution in [0.15, 0.2) is 18.2 Å². The fourth-order valence-corrected chi connectivity index (χ4v) is 4.13. The monoisotopic (exact) mass is 457 g/mol. The second-order valence-corrected chi connectivity index (χ2v) is 9.54. The normalized spacial score (nSPS) is 18.2. The van der Waals surface area contributed by atoms with Gasteiger partial charge in [-0.3, -0.25) is 19.2 Å². The van der Waals surface area contributed by atoms with E-state index < -0.39 is 17.7 Å². The maximum absolute atomic E-state index is 13.0. The SMILES string of the molecule is CN(Cc1cccc2c1CN(C1CCC(=O)CC1=O)C2=O)C(=O)CCNC(=O)OC(C)(C)C. The Labute approximate surface area is 193 Å². The lowest BCUT2D eigenvalue weighted by atomic mass is 9.92. The van der Waals surface area contributed by atoms with E-state index in [0.717, 1.165) is 11.1 Å². The number of nitrogens with one attached hydrogen (secondary N) is 1. The Balaban J connectivity index is 1.60. The first-order chi connectivity index (χ1) is 15.5. The molecule has 1 aromatic carbocycles. The number of carbonyl (C=O) groups excluding carboxylic acids is 5. The molecule has 1 unspecified atom stereocenters. The Morgan fingerprint density at radius 2 is 1.94 bits per heavy atom. The van der Waals surface area contributed by atoms with E-state index in [1.165, 1.54) is 0 Å². The number of ether oxygens (including phenoxy) is 1. The molecule has 0 spiro atoms. The number of Topliss-reactive ketones (excluding diaryl/α,β-unsaturated/α-hetero) is 2. The zero-order valence-electron chi connectivity index (χ0n) is 19.6. The molecule has 0 aromatic heterocycles. The van der Waals surface area contributed by atoms with Crippen LogP contribution in [0.5, 0.6) is 0 Å². The minimum absolute atomic E-state index is 0.0811. The lowest BCUT2D eigenvalue weighted by Crippen LogP contribution is -2.44. The highest BCUT2D eigenvalue weighted by Gasteiger charge is 2.39. The summed E-state index contributed by atoms with van der Waals surface area (Å²) >= 11 is 0. The number of fused-ring (bicyclic) bond motifs is 1. The number of hydrogen-bond acceptors (Lipinski definition) is 6. The largest absolute Gasteiger partial charge is 0.444 e. The van der Waals surface area contributed by atoms with Crippen molar-refractivity contribution in [2.45, 2.75) is 71.2 Å². The molecule has 1 heterocycles. The summed E-state index contributed by atoms with van der Waals surface area (Å²) in [6.07, 6.45) is 0.0804. The first kappa shape index (κ1) is 24.4. The number of alkyl carbamates (subject to hydrolysis) is 1. The van der Waals surface area contributed by atoms with Gasteiger partial charge in [0, 0.05) is 45.1 Å². The zero-order valence-corrected chi connectivity index (χ0v) is 19.6. The third-order valence-electron chi connectivity index (χ3n) is 5.75. The molecule has 178 valence electrons. The standard InChI is InChI=1S/C24H31N3O6/c1-24(2,3)33-23(32)25-11-10-21(30)26(4)13-15-6-5-7-17-18(15)14-27(22(17)31)19-9-8-16(28)12-20(19)29/h5-7,19H,8-14H2,1-4H3,(H,25,32). The van der Waals surface area contributed by atoms with Crippen molar-refractivity contribution in [2.24, 2.45) is 0 Å². The second kappa shape index (κ2) is 9.72. The molecule has 1 fully saturated rings. The molecule has 3 rings (SSSR count). The van der Waals surface area contributed by atoms with E-state index in [1.54, 1.807) is 49.8 Å². The van der Waals surface area contributed by atoms with Gasteiger partial charge >= 0.3 is 6.09 Å². The number of benzene rings is 1. The summed E-state index contributed by atoms with van der Waals surface area (Å²) in [5.41, 5.74) is 1.56. The van der Waals surface area contributed by atoms with E-state index in [2.05, 4.69) is 5.32 Å². The summed E-state index contributed by atoms with van der Waals surface area (Å²) in [6, 6.07) is 4.79. The van der Waals surface area contributed by atoms with Crippen molar-refractivity contribution in [2.75, 3.05) is 13.6 Å². The van der Waals surface area contributed by atoms with Crippen molar-refractivity contribution >= 4 is 29.5 Å². The van der Waals surface area contributed by atoms with Crippen molar-refractivity contribution in [3.8, 4) is 0 Å². The lowest BCUT2D eigenvalue weighted by molar-refractivity contribution is -0.133. The molecule has 0 saturated heterocycles. The van der Waals surface area contributed by atoms with Gasteiger partial charge < -0.3 is 19.9 Å². The summed E-state index contributed by atoms with van der Waals surface area (Å²) in [5.74, 6) is -0.665. The number of amides is 3. The highest BCUT2D eigenvalue weighted by molar-refractivity contribution is 6.07. The predicted octanol–water partition coefficient (Wildman–Crippen LogP) is 2.21. The number of rotatable bonds is 6. The third-order valence-corrected chi connectivity index (χ3v) is 5.75. The van der Waals surface area contributed by atoms with E-state index in [0.29, 0.717) is 24.9 Å². The molecule has 1 N–H and O–H groups in total. The molecule has 1 aliphatic heterocycles. The van der Waals surface area contributed by atoms with Crippen LogP contribution in [0.4, 0.5) is 4.79 Å². The minimum atomic E-state index is -0.609. The first-order valence-electron chi connectivity index (χ1n) is 11.1. The van der Waals surface area contributed by atoms with Gasteiger partial charge in [-0.2, -0.15) is 0 Å². The average Bonchev–Trinajstić information content (AvgIpc) is 3.04. The van der Waals surface area contributed by atoms with Crippen LogP contribution in [0.25, 0.3) is 0 Å². The van der Waals surface area contributed by atoms with Crippen LogP contribution in [0.1, 0.15) is 67.9 Å². The molecule has 1 aliphatic carbocycles. The molecule has 1 aromatic rings. The number of hydrogen-bond donors (Lipinski definition) is 1. The molecule has 33 heavy (non-hydrogen) atoms. The van der Waals surface area contributed by atoms with Gasteiger partial charge in [-0.25, -0.2) is 4.79 Å². The van der Waals surface area contributed by atoms with Crippen LogP contribution >= 0.6 is 0 Å². The van der Waals surface area contributed by atoms with Crippen molar-refractivity contribution in [1.82, 2.24) is 15.1 Å². The second-order valence-electron chi connectivity index (χ2n) is 9.54. The Morgan fingerprint density at radius 3 is 2.61 bits per heavy atom. The third kappa shape index (κ3) is 5.97. The van der Waals surface area contributed by atoms with Crippen molar-refractivity contribution in [3.05, 3.63) is 34.9 Å². The van der Waals surface area contributed by atoms with Gasteiger partial charge in [-0.1, -0.05) is 12.1 Å². The summed E-state index contributed by atoms with van der Waals surface area (Å²) in [4.78, 5) is 64.2. The molecular formula is C24H31N3O6. The molecular weight excluding hydrogens is 426 g/mol. The summed E-state index contributed by atoms with van der Waals surface area (Å²) < 4.78 is 5.16. The number of nitrogens with zero attached hydrogens (tertiary/aromatic N) is 2. The molecule has 2 aliphatic rings. The molecule has 0 radical (unpaired) electrons. The molecule has 3 amide bonds. The van der Waals surface area contributed by atoms with Gasteiger partial charge in [0.25, 0.3) is 5.91 Å². The van der Waals surface area contributed by atoms with Crippen LogP contribution in [-0.2, 0) is 32.2 Å². The Hall–Kier alpha value is -3.23. The zero-order chi connectivity index (χ0) is 24.3. The highest BCUT2D eigenvalue weighted by atomic mass is 16.6. The van der Waals surface area contributed by atoms with Crippen molar-refractivity contribution in [3.63, 3.8) is 0 Å². The Morgan fingerprint density at radius 1 is 1.21 bits per heavy atom. The van der Waals surface area contributed by atoms with Crippen molar-refractivity contribution < 1.29 is 28.7 Å². The predicted molar refractivity (Wildman–Crippen MR) is 119 cm³/mol. The fourth-order valence-electron chi connectivity index (χ4n) is 4.13. The Kier molecular flexibility index (Phi) is 7.19. The van der Waals surface area contributed by atoms with Gasteiger partial charge in [0.1, 0.15) is 11.4 Å². The van der Waals surface area contributed by atoms with Gasteiger partial charge in [0.2, 0.25) is 5.91 Å². The first-order valence-corrected chi connectivity index (χ1v) is 11.1. The van der Waals surface area contributed by atoms with Crippen LogP contribution in [-0.4, -0.2) is 64.5 Å². The maximum Gasteiger partial charge on any atom is 0.407 e. The van der Waals surface area contributed by atoms with E-state index in [4.69, 9.17) is 4.74 Å². The maximum atomic E-state index is 13.0. The topological polar surface area (TPSA) is 113 Å². The molecule has 9 nitrogen and oxygen atoms in total. The molecule has 1 atom stereocenters. The highest BCUT2D eigenvalue weighted by Crippen LogP contribution is 2.31. The average molecular weight is 458 g/mol. The smallest absolute Gasteiger partial charge is 0.407 e. The van der Waals surface area contributed by atoms with Gasteiger partial charge in [-0.05, 0) is 44.4 Å². The van der Waals surface area contributed by atoms with Crippen LogP contribution in [0, 0.1) is 0 Å². The Bertz CT molecular complexity index is 981. The fraction of sp³-hybridized carbons (Fsp3) is 0.542. The lowest BCUT2D eigenvalue weighted by Gasteiger charge is -2.29. The van der Waals surface area contributed by atoms with E-state index in [9.17, 15) is 24.0 Å². The summed E-state index contributed by atoms with van der Waals surface area (Å²) in [5, 5.41) is 2.57. The van der Waals surface area contributed by atoms with Gasteiger partial charge in [0.15, 0.2) is 5.78 Å². The van der Waals surface area contributed by atoms with E-state index >= 15 is 0 Å². The van der Waals surface area contributed by atoms with Crippen LogP contribution in [0.2, 0.25) is 0 Å². The van der Waals surface area contributed by atoms with Crippen LogP contribution < -0.4 is 5.32 Å². The van der Waals surface area contributed by atoms with Gasteiger partial charge in [-0.15, -0.1) is 0 Å². The molecule has 0 bridgehead atoms. The number of carbonyl (C=O) groups is 5.